The Labute approximate surface area is 85.7 Å². The van der Waals surface area contributed by atoms with E-state index in [1.807, 2.05) is 6.92 Å². The van der Waals surface area contributed by atoms with Crippen molar-refractivity contribution in [3.63, 3.8) is 0 Å². The second kappa shape index (κ2) is 4.08. The van der Waals surface area contributed by atoms with Crippen molar-refractivity contribution in [1.29, 1.82) is 0 Å². The molecular formula is C10H9FN2O2. The number of ether oxygens (including phenoxy) is 1. The number of rotatable bonds is 3. The predicted octanol–water partition coefficient (Wildman–Crippen LogP) is 2.27. The van der Waals surface area contributed by atoms with Gasteiger partial charge in [0.25, 0.3) is 0 Å². The minimum Gasteiger partial charge on any atom is -0.464 e. The van der Waals surface area contributed by atoms with Crippen LogP contribution in [0.5, 0.6) is 5.95 Å². The molecule has 2 aromatic rings. The molecule has 5 heteroatoms. The lowest BCUT2D eigenvalue weighted by atomic mass is 10.2. The van der Waals surface area contributed by atoms with Crippen LogP contribution >= 0.6 is 0 Å². The van der Waals surface area contributed by atoms with Crippen molar-refractivity contribution in [2.45, 2.75) is 6.92 Å². The fraction of sp³-hybridized carbons (Fsp3) is 0.200. The number of hydrogen-bond acceptors (Lipinski definition) is 4. The molecule has 0 aliphatic rings. The molecule has 0 aliphatic heterocycles. The van der Waals surface area contributed by atoms with Gasteiger partial charge in [-0.3, -0.25) is 4.98 Å². The van der Waals surface area contributed by atoms with Crippen molar-refractivity contribution in [2.75, 3.05) is 6.61 Å². The fourth-order valence-corrected chi connectivity index (χ4v) is 1.14. The number of pyridine rings is 1. The van der Waals surface area contributed by atoms with Gasteiger partial charge >= 0.3 is 5.95 Å². The third-order valence-electron chi connectivity index (χ3n) is 1.77. The molecule has 0 aromatic carbocycles. The highest BCUT2D eigenvalue weighted by Crippen LogP contribution is 2.24. The van der Waals surface area contributed by atoms with Gasteiger partial charge in [0.2, 0.25) is 5.89 Å². The third-order valence-corrected chi connectivity index (χ3v) is 1.77. The van der Waals surface area contributed by atoms with E-state index < -0.39 is 5.82 Å². The zero-order valence-corrected chi connectivity index (χ0v) is 8.11. The smallest absolute Gasteiger partial charge is 0.305 e. The van der Waals surface area contributed by atoms with Crippen molar-refractivity contribution in [3.8, 4) is 17.4 Å². The minimum atomic E-state index is -0.470. The summed E-state index contributed by atoms with van der Waals surface area (Å²) in [7, 11) is 0. The molecule has 2 heterocycles. The molecule has 0 unspecified atom stereocenters. The van der Waals surface area contributed by atoms with Crippen LogP contribution in [0.15, 0.2) is 29.1 Å². The molecule has 0 fully saturated rings. The molecule has 0 N–H and O–H groups in total. The molecule has 0 radical (unpaired) electrons. The highest BCUT2D eigenvalue weighted by atomic mass is 19.1. The topological polar surface area (TPSA) is 48.2 Å². The normalized spacial score (nSPS) is 10.3. The van der Waals surface area contributed by atoms with E-state index in [4.69, 9.17) is 9.15 Å². The van der Waals surface area contributed by atoms with E-state index >= 15 is 0 Å². The molecule has 0 saturated carbocycles. The molecule has 0 amide bonds. The van der Waals surface area contributed by atoms with E-state index in [-0.39, 0.29) is 17.4 Å². The van der Waals surface area contributed by atoms with Crippen molar-refractivity contribution in [2.24, 2.45) is 0 Å². The third kappa shape index (κ3) is 1.96. The number of oxazole rings is 1. The first kappa shape index (κ1) is 9.64. The maximum Gasteiger partial charge on any atom is 0.305 e. The Kier molecular flexibility index (Phi) is 2.62. The average Bonchev–Trinajstić information content (AvgIpc) is 2.68. The number of aromatic nitrogens is 2. The first-order valence-electron chi connectivity index (χ1n) is 4.49. The molecule has 0 spiro atoms. The van der Waals surface area contributed by atoms with Crippen LogP contribution in [0.1, 0.15) is 6.92 Å². The Bertz CT molecular complexity index is 456. The maximum atomic E-state index is 13.3. The molecule has 4 nitrogen and oxygen atoms in total. The van der Waals surface area contributed by atoms with Crippen LogP contribution in [0.2, 0.25) is 0 Å². The van der Waals surface area contributed by atoms with Crippen molar-refractivity contribution in [3.05, 3.63) is 30.5 Å². The summed E-state index contributed by atoms with van der Waals surface area (Å²) in [6.07, 6.45) is 4.00. The van der Waals surface area contributed by atoms with Crippen molar-refractivity contribution < 1.29 is 13.5 Å². The standard InChI is InChI=1S/C10H9FN2O2/c1-2-14-9-6-13-10(15-9)7-3-4-12-5-8(7)11/h3-6H,2H2,1H3. The van der Waals surface area contributed by atoms with Gasteiger partial charge in [-0.2, -0.15) is 0 Å². The maximum absolute atomic E-state index is 13.3. The molecule has 15 heavy (non-hydrogen) atoms. The van der Waals surface area contributed by atoms with Crippen molar-refractivity contribution >= 4 is 0 Å². The zero-order chi connectivity index (χ0) is 10.7. The summed E-state index contributed by atoms with van der Waals surface area (Å²) >= 11 is 0. The summed E-state index contributed by atoms with van der Waals surface area (Å²) in [5, 5.41) is 0. The monoisotopic (exact) mass is 208 g/mol. The van der Waals surface area contributed by atoms with E-state index in [0.29, 0.717) is 6.61 Å². The average molecular weight is 208 g/mol. The molecule has 0 aliphatic carbocycles. The lowest BCUT2D eigenvalue weighted by molar-refractivity contribution is 0.260. The summed E-state index contributed by atoms with van der Waals surface area (Å²) in [6, 6.07) is 1.50. The lowest BCUT2D eigenvalue weighted by Crippen LogP contribution is -1.88. The van der Waals surface area contributed by atoms with Gasteiger partial charge in [0.1, 0.15) is 6.20 Å². The molecule has 2 aromatic heterocycles. The second-order valence-corrected chi connectivity index (χ2v) is 2.77. The van der Waals surface area contributed by atoms with Gasteiger partial charge in [0, 0.05) is 6.20 Å². The van der Waals surface area contributed by atoms with Gasteiger partial charge in [-0.15, -0.1) is 0 Å². The van der Waals surface area contributed by atoms with E-state index in [9.17, 15) is 4.39 Å². The van der Waals surface area contributed by atoms with E-state index in [0.717, 1.165) is 6.20 Å². The summed E-state index contributed by atoms with van der Waals surface area (Å²) in [5.74, 6) is 0.00413. The molecule has 78 valence electrons. The number of halogens is 1. The van der Waals surface area contributed by atoms with Crippen molar-refractivity contribution in [1.82, 2.24) is 9.97 Å². The summed E-state index contributed by atoms with van der Waals surface area (Å²) in [6.45, 7) is 2.31. The van der Waals surface area contributed by atoms with Gasteiger partial charge in [0.15, 0.2) is 5.82 Å². The number of hydrogen-bond donors (Lipinski definition) is 0. The zero-order valence-electron chi connectivity index (χ0n) is 8.11. The molecule has 0 bridgehead atoms. The summed E-state index contributed by atoms with van der Waals surface area (Å²) < 4.78 is 23.5. The van der Waals surface area contributed by atoms with Crippen LogP contribution in [-0.4, -0.2) is 16.6 Å². The first-order valence-corrected chi connectivity index (χ1v) is 4.49. The van der Waals surface area contributed by atoms with Gasteiger partial charge in [0.05, 0.1) is 18.4 Å². The SMILES string of the molecule is CCOc1cnc(-c2ccncc2F)o1. The summed E-state index contributed by atoms with van der Waals surface area (Å²) in [5.41, 5.74) is 0.274. The van der Waals surface area contributed by atoms with E-state index in [1.54, 1.807) is 0 Å². The highest BCUT2D eigenvalue weighted by Gasteiger charge is 2.11. The van der Waals surface area contributed by atoms with Crippen LogP contribution in [0.3, 0.4) is 0 Å². The minimum absolute atomic E-state index is 0.193. The Morgan fingerprint density at radius 3 is 3.07 bits per heavy atom. The molecule has 0 atom stereocenters. The Morgan fingerprint density at radius 2 is 2.33 bits per heavy atom. The fourth-order valence-electron chi connectivity index (χ4n) is 1.14. The Morgan fingerprint density at radius 1 is 1.47 bits per heavy atom. The first-order chi connectivity index (χ1) is 7.31. The lowest BCUT2D eigenvalue weighted by Gasteiger charge is -1.97. The van der Waals surface area contributed by atoms with Crippen LogP contribution in [0.25, 0.3) is 11.5 Å². The van der Waals surface area contributed by atoms with Crippen LogP contribution < -0.4 is 4.74 Å². The molecule has 0 saturated heterocycles. The van der Waals surface area contributed by atoms with Gasteiger partial charge in [-0.1, -0.05) is 0 Å². The second-order valence-electron chi connectivity index (χ2n) is 2.77. The predicted molar refractivity (Wildman–Crippen MR) is 50.9 cm³/mol. The van der Waals surface area contributed by atoms with E-state index in [2.05, 4.69) is 9.97 Å². The van der Waals surface area contributed by atoms with Gasteiger partial charge in [-0.05, 0) is 13.0 Å². The molecular weight excluding hydrogens is 199 g/mol. The summed E-state index contributed by atoms with van der Waals surface area (Å²) in [4.78, 5) is 7.54. The van der Waals surface area contributed by atoms with E-state index in [1.165, 1.54) is 18.5 Å². The van der Waals surface area contributed by atoms with Crippen LogP contribution in [0.4, 0.5) is 4.39 Å². The van der Waals surface area contributed by atoms with Gasteiger partial charge in [-0.25, -0.2) is 9.37 Å². The molecule has 2 rings (SSSR count). The Balaban J connectivity index is 2.33. The van der Waals surface area contributed by atoms with Crippen LogP contribution in [-0.2, 0) is 0 Å². The number of nitrogens with zero attached hydrogens (tertiary/aromatic N) is 2. The highest BCUT2D eigenvalue weighted by molar-refractivity contribution is 5.53. The Hall–Kier alpha value is -1.91. The quantitative estimate of drug-likeness (QED) is 0.776. The van der Waals surface area contributed by atoms with Crippen LogP contribution in [0, 0.1) is 5.82 Å². The van der Waals surface area contributed by atoms with Gasteiger partial charge < -0.3 is 9.15 Å². The largest absolute Gasteiger partial charge is 0.464 e.